The van der Waals surface area contributed by atoms with Crippen LogP contribution in [0.3, 0.4) is 0 Å². The Balaban J connectivity index is 2.21. The molecule has 0 radical (unpaired) electrons. The maximum atomic E-state index is 6.12. The Morgan fingerprint density at radius 1 is 1.53 bits per heavy atom. The zero-order chi connectivity index (χ0) is 12.3. The first kappa shape index (κ1) is 12.8. The topological polar surface area (TPSA) is 48.1 Å². The Hall–Kier alpha value is -0.680. The van der Waals surface area contributed by atoms with Crippen LogP contribution in [-0.2, 0) is 11.2 Å². The van der Waals surface area contributed by atoms with E-state index in [4.69, 9.17) is 22.1 Å². The van der Waals surface area contributed by atoms with Gasteiger partial charge in [-0.05, 0) is 19.1 Å². The molecule has 1 aromatic carbocycles. The summed E-state index contributed by atoms with van der Waals surface area (Å²) in [6, 6.07) is 5.77. The fraction of sp³-hybridized carbons (Fsp3) is 0.417. The quantitative estimate of drug-likeness (QED) is 0.909. The van der Waals surface area contributed by atoms with Crippen LogP contribution in [0.1, 0.15) is 11.9 Å². The van der Waals surface area contributed by atoms with Gasteiger partial charge in [0.25, 0.3) is 0 Å². The smallest absolute Gasteiger partial charge is 0.0965 e. The molecule has 0 aliphatic heterocycles. The molecule has 3 nitrogen and oxygen atoms in total. The standard InChI is InChI=1S/C12H15ClN2OS/c1-2-16-8(7-14)6-11-15-10-5-3-4-9(13)12(10)17-11/h3-5,8H,2,6-7,14H2,1H3. The van der Waals surface area contributed by atoms with Crippen molar-refractivity contribution in [1.29, 1.82) is 0 Å². The van der Waals surface area contributed by atoms with E-state index >= 15 is 0 Å². The molecule has 0 amide bonds. The van der Waals surface area contributed by atoms with Gasteiger partial charge < -0.3 is 10.5 Å². The minimum absolute atomic E-state index is 0.0411. The van der Waals surface area contributed by atoms with Crippen molar-refractivity contribution in [3.05, 3.63) is 28.2 Å². The highest BCUT2D eigenvalue weighted by molar-refractivity contribution is 7.19. The van der Waals surface area contributed by atoms with E-state index in [0.717, 1.165) is 26.7 Å². The van der Waals surface area contributed by atoms with Gasteiger partial charge in [0, 0.05) is 19.6 Å². The summed E-state index contributed by atoms with van der Waals surface area (Å²) < 4.78 is 6.57. The fourth-order valence-electron chi connectivity index (χ4n) is 1.69. The number of hydrogen-bond donors (Lipinski definition) is 1. The van der Waals surface area contributed by atoms with Gasteiger partial charge in [0.15, 0.2) is 0 Å². The van der Waals surface area contributed by atoms with Crippen LogP contribution in [-0.4, -0.2) is 24.2 Å². The van der Waals surface area contributed by atoms with Gasteiger partial charge in [0.1, 0.15) is 0 Å². The average Bonchev–Trinajstić information content (AvgIpc) is 2.72. The largest absolute Gasteiger partial charge is 0.377 e. The van der Waals surface area contributed by atoms with Crippen LogP contribution >= 0.6 is 22.9 Å². The monoisotopic (exact) mass is 270 g/mol. The van der Waals surface area contributed by atoms with Gasteiger partial charge in [-0.15, -0.1) is 11.3 Å². The van der Waals surface area contributed by atoms with E-state index < -0.39 is 0 Å². The molecule has 0 spiro atoms. The minimum atomic E-state index is 0.0411. The molecule has 5 heteroatoms. The summed E-state index contributed by atoms with van der Waals surface area (Å²) >= 11 is 7.73. The summed E-state index contributed by atoms with van der Waals surface area (Å²) in [5, 5.41) is 1.78. The first-order chi connectivity index (χ1) is 8.24. The molecule has 92 valence electrons. The fourth-order valence-corrected chi connectivity index (χ4v) is 3.01. The lowest BCUT2D eigenvalue weighted by Gasteiger charge is -2.12. The predicted octanol–water partition coefficient (Wildman–Crippen LogP) is 2.86. The normalized spacial score (nSPS) is 13.1. The van der Waals surface area contributed by atoms with Gasteiger partial charge in [-0.3, -0.25) is 0 Å². The third-order valence-electron chi connectivity index (χ3n) is 2.48. The summed E-state index contributed by atoms with van der Waals surface area (Å²) in [5.74, 6) is 0. The number of hydrogen-bond acceptors (Lipinski definition) is 4. The molecule has 2 rings (SSSR count). The first-order valence-electron chi connectivity index (χ1n) is 5.60. The Kier molecular flexibility index (Phi) is 4.34. The average molecular weight is 271 g/mol. The van der Waals surface area contributed by atoms with Crippen molar-refractivity contribution in [2.45, 2.75) is 19.4 Å². The minimum Gasteiger partial charge on any atom is -0.377 e. The van der Waals surface area contributed by atoms with Crippen LogP contribution in [0.5, 0.6) is 0 Å². The molecular weight excluding hydrogens is 256 g/mol. The molecule has 17 heavy (non-hydrogen) atoms. The molecule has 1 atom stereocenters. The van der Waals surface area contributed by atoms with Crippen molar-refractivity contribution in [3.63, 3.8) is 0 Å². The second-order valence-corrected chi connectivity index (χ2v) is 5.20. The van der Waals surface area contributed by atoms with E-state index in [1.165, 1.54) is 0 Å². The van der Waals surface area contributed by atoms with E-state index in [1.54, 1.807) is 11.3 Å². The summed E-state index contributed by atoms with van der Waals surface area (Å²) in [5.41, 5.74) is 6.61. The van der Waals surface area contributed by atoms with Crippen LogP contribution in [0, 0.1) is 0 Å². The molecular formula is C12H15ClN2OS. The Morgan fingerprint density at radius 2 is 2.35 bits per heavy atom. The second-order valence-electron chi connectivity index (χ2n) is 3.71. The van der Waals surface area contributed by atoms with Gasteiger partial charge in [-0.2, -0.15) is 0 Å². The Morgan fingerprint density at radius 3 is 3.00 bits per heavy atom. The third-order valence-corrected chi connectivity index (χ3v) is 4.03. The number of benzene rings is 1. The summed E-state index contributed by atoms with van der Waals surface area (Å²) in [6.07, 6.45) is 0.791. The lowest BCUT2D eigenvalue weighted by atomic mass is 10.2. The second kappa shape index (κ2) is 5.78. The van der Waals surface area contributed by atoms with Crippen molar-refractivity contribution in [2.24, 2.45) is 5.73 Å². The molecule has 0 fully saturated rings. The van der Waals surface area contributed by atoms with Gasteiger partial charge in [-0.25, -0.2) is 4.98 Å². The van der Waals surface area contributed by atoms with E-state index in [2.05, 4.69) is 4.98 Å². The molecule has 1 aromatic heterocycles. The number of halogens is 1. The molecule has 0 aliphatic carbocycles. The number of fused-ring (bicyclic) bond motifs is 1. The molecule has 2 aromatic rings. The highest BCUT2D eigenvalue weighted by Gasteiger charge is 2.12. The highest BCUT2D eigenvalue weighted by atomic mass is 35.5. The summed E-state index contributed by atoms with van der Waals surface area (Å²) in [4.78, 5) is 4.54. The van der Waals surface area contributed by atoms with Gasteiger partial charge in [0.2, 0.25) is 0 Å². The lowest BCUT2D eigenvalue weighted by molar-refractivity contribution is 0.0694. The zero-order valence-electron chi connectivity index (χ0n) is 9.65. The Bertz CT molecular complexity index is 500. The maximum absolute atomic E-state index is 6.12. The van der Waals surface area contributed by atoms with Gasteiger partial charge in [0.05, 0.1) is 26.4 Å². The predicted molar refractivity (Wildman–Crippen MR) is 72.8 cm³/mol. The molecule has 1 unspecified atom stereocenters. The molecule has 1 heterocycles. The molecule has 0 saturated carbocycles. The van der Waals surface area contributed by atoms with Crippen molar-refractivity contribution in [2.75, 3.05) is 13.2 Å². The van der Waals surface area contributed by atoms with Crippen LogP contribution in [0.2, 0.25) is 5.02 Å². The maximum Gasteiger partial charge on any atom is 0.0965 e. The lowest BCUT2D eigenvalue weighted by Crippen LogP contribution is -2.25. The molecule has 0 aliphatic rings. The van der Waals surface area contributed by atoms with Crippen molar-refractivity contribution in [3.8, 4) is 0 Å². The number of aromatic nitrogens is 1. The van der Waals surface area contributed by atoms with Crippen LogP contribution in [0.25, 0.3) is 10.2 Å². The van der Waals surface area contributed by atoms with E-state index in [0.29, 0.717) is 13.2 Å². The van der Waals surface area contributed by atoms with Crippen LogP contribution < -0.4 is 5.73 Å². The van der Waals surface area contributed by atoms with Gasteiger partial charge in [-0.1, -0.05) is 17.7 Å². The number of rotatable bonds is 5. The van der Waals surface area contributed by atoms with Crippen molar-refractivity contribution in [1.82, 2.24) is 4.98 Å². The van der Waals surface area contributed by atoms with Crippen molar-refractivity contribution >= 4 is 33.2 Å². The number of ether oxygens (including phenoxy) is 1. The third kappa shape index (κ3) is 2.96. The summed E-state index contributed by atoms with van der Waals surface area (Å²) in [7, 11) is 0. The molecule has 0 bridgehead atoms. The summed E-state index contributed by atoms with van der Waals surface area (Å²) in [6.45, 7) is 3.16. The number of thiazole rings is 1. The van der Waals surface area contributed by atoms with Crippen molar-refractivity contribution < 1.29 is 4.74 Å². The molecule has 0 saturated heterocycles. The van der Waals surface area contributed by atoms with Crippen LogP contribution in [0.4, 0.5) is 0 Å². The van der Waals surface area contributed by atoms with Gasteiger partial charge >= 0.3 is 0 Å². The zero-order valence-corrected chi connectivity index (χ0v) is 11.2. The number of nitrogens with zero attached hydrogens (tertiary/aromatic N) is 1. The Labute approximate surface area is 110 Å². The first-order valence-corrected chi connectivity index (χ1v) is 6.79. The SMILES string of the molecule is CCOC(CN)Cc1nc2cccc(Cl)c2s1. The number of nitrogens with two attached hydrogens (primary N) is 1. The highest BCUT2D eigenvalue weighted by Crippen LogP contribution is 2.29. The van der Waals surface area contributed by atoms with E-state index in [9.17, 15) is 0 Å². The van der Waals surface area contributed by atoms with Crippen LogP contribution in [0.15, 0.2) is 18.2 Å². The van der Waals surface area contributed by atoms with E-state index in [1.807, 2.05) is 25.1 Å². The molecule has 2 N–H and O–H groups in total. The van der Waals surface area contributed by atoms with E-state index in [-0.39, 0.29) is 6.10 Å².